The standard InChI is InChI=1S/C14H19FN2O/c1-2-16-14(18)13-9-11(7-8-17-13)10-3-5-12(15)6-4-10/h3-6,11,13,17H,2,7-9H2,1H3,(H,16,18). The van der Waals surface area contributed by atoms with Crippen LogP contribution in [0.25, 0.3) is 0 Å². The number of likely N-dealkylation sites (N-methyl/N-ethyl adjacent to an activating group) is 1. The molecule has 1 heterocycles. The highest BCUT2D eigenvalue weighted by Gasteiger charge is 2.27. The number of benzene rings is 1. The first-order chi connectivity index (χ1) is 8.70. The predicted molar refractivity (Wildman–Crippen MR) is 68.8 cm³/mol. The number of carbonyl (C=O) groups excluding carboxylic acids is 1. The summed E-state index contributed by atoms with van der Waals surface area (Å²) < 4.78 is 12.9. The van der Waals surface area contributed by atoms with Gasteiger partial charge in [0.15, 0.2) is 0 Å². The quantitative estimate of drug-likeness (QED) is 0.859. The van der Waals surface area contributed by atoms with Crippen LogP contribution < -0.4 is 10.6 Å². The second kappa shape index (κ2) is 5.96. The SMILES string of the molecule is CCNC(=O)C1CC(c2ccc(F)cc2)CCN1. The van der Waals surface area contributed by atoms with Gasteiger partial charge in [0.2, 0.25) is 5.91 Å². The zero-order valence-electron chi connectivity index (χ0n) is 10.6. The molecule has 1 aliphatic rings. The van der Waals surface area contributed by atoms with E-state index in [1.165, 1.54) is 12.1 Å². The Labute approximate surface area is 107 Å². The molecule has 0 saturated carbocycles. The molecule has 2 atom stereocenters. The van der Waals surface area contributed by atoms with Crippen LogP contribution >= 0.6 is 0 Å². The summed E-state index contributed by atoms with van der Waals surface area (Å²) >= 11 is 0. The van der Waals surface area contributed by atoms with Gasteiger partial charge in [0.05, 0.1) is 6.04 Å². The van der Waals surface area contributed by atoms with E-state index in [1.54, 1.807) is 0 Å². The molecule has 2 N–H and O–H groups in total. The smallest absolute Gasteiger partial charge is 0.237 e. The van der Waals surface area contributed by atoms with Crippen molar-refractivity contribution in [2.24, 2.45) is 0 Å². The minimum absolute atomic E-state index is 0.0595. The third kappa shape index (κ3) is 3.07. The number of nitrogens with one attached hydrogen (secondary N) is 2. The van der Waals surface area contributed by atoms with E-state index in [-0.39, 0.29) is 17.8 Å². The van der Waals surface area contributed by atoms with Gasteiger partial charge < -0.3 is 10.6 Å². The third-order valence-electron chi connectivity index (χ3n) is 3.41. The lowest BCUT2D eigenvalue weighted by atomic mass is 9.86. The van der Waals surface area contributed by atoms with E-state index in [9.17, 15) is 9.18 Å². The molecule has 0 bridgehead atoms. The van der Waals surface area contributed by atoms with E-state index < -0.39 is 0 Å². The molecule has 0 aromatic heterocycles. The number of piperidine rings is 1. The van der Waals surface area contributed by atoms with Gasteiger partial charge in [-0.15, -0.1) is 0 Å². The van der Waals surface area contributed by atoms with Gasteiger partial charge >= 0.3 is 0 Å². The first-order valence-corrected chi connectivity index (χ1v) is 6.47. The molecule has 1 aromatic rings. The molecule has 0 radical (unpaired) electrons. The first-order valence-electron chi connectivity index (χ1n) is 6.47. The Bertz CT molecular complexity index is 405. The fourth-order valence-corrected chi connectivity index (χ4v) is 2.45. The highest BCUT2D eigenvalue weighted by atomic mass is 19.1. The summed E-state index contributed by atoms with van der Waals surface area (Å²) in [6, 6.07) is 6.48. The molecule has 4 heteroatoms. The van der Waals surface area contributed by atoms with Gasteiger partial charge in [0.25, 0.3) is 0 Å². The van der Waals surface area contributed by atoms with Crippen LogP contribution in [0.5, 0.6) is 0 Å². The summed E-state index contributed by atoms with van der Waals surface area (Å²) in [6.07, 6.45) is 1.76. The minimum Gasteiger partial charge on any atom is -0.355 e. The summed E-state index contributed by atoms with van der Waals surface area (Å²) in [4.78, 5) is 11.8. The van der Waals surface area contributed by atoms with Gasteiger partial charge in [-0.05, 0) is 49.9 Å². The molecule has 98 valence electrons. The first kappa shape index (κ1) is 13.0. The third-order valence-corrected chi connectivity index (χ3v) is 3.41. The molecule has 1 aromatic carbocycles. The van der Waals surface area contributed by atoms with E-state index >= 15 is 0 Å². The zero-order chi connectivity index (χ0) is 13.0. The van der Waals surface area contributed by atoms with Crippen molar-refractivity contribution in [2.75, 3.05) is 13.1 Å². The lowest BCUT2D eigenvalue weighted by Gasteiger charge is -2.29. The Morgan fingerprint density at radius 3 is 2.83 bits per heavy atom. The van der Waals surface area contributed by atoms with Gasteiger partial charge in [0, 0.05) is 6.54 Å². The maximum absolute atomic E-state index is 12.9. The van der Waals surface area contributed by atoms with E-state index in [0.29, 0.717) is 12.5 Å². The van der Waals surface area contributed by atoms with Crippen LogP contribution in [0.1, 0.15) is 31.2 Å². The van der Waals surface area contributed by atoms with Crippen LogP contribution in [0.2, 0.25) is 0 Å². The van der Waals surface area contributed by atoms with Crippen LogP contribution in [0.15, 0.2) is 24.3 Å². The zero-order valence-corrected chi connectivity index (χ0v) is 10.6. The summed E-state index contributed by atoms with van der Waals surface area (Å²) in [5.74, 6) is 0.178. The average Bonchev–Trinajstić information content (AvgIpc) is 2.40. The summed E-state index contributed by atoms with van der Waals surface area (Å²) in [5.41, 5.74) is 1.12. The molecule has 1 saturated heterocycles. The van der Waals surface area contributed by atoms with Gasteiger partial charge in [-0.25, -0.2) is 4.39 Å². The number of halogens is 1. The highest BCUT2D eigenvalue weighted by Crippen LogP contribution is 2.27. The predicted octanol–water partition coefficient (Wildman–Crippen LogP) is 1.80. The lowest BCUT2D eigenvalue weighted by molar-refractivity contribution is -0.123. The second-order valence-corrected chi connectivity index (χ2v) is 4.67. The van der Waals surface area contributed by atoms with E-state index in [4.69, 9.17) is 0 Å². The summed E-state index contributed by atoms with van der Waals surface area (Å²) in [7, 11) is 0. The van der Waals surface area contributed by atoms with Crippen molar-refractivity contribution in [1.82, 2.24) is 10.6 Å². The van der Waals surface area contributed by atoms with Crippen molar-refractivity contribution in [2.45, 2.75) is 31.7 Å². The molecule has 2 unspecified atom stereocenters. The number of hydrogen-bond donors (Lipinski definition) is 2. The second-order valence-electron chi connectivity index (χ2n) is 4.67. The van der Waals surface area contributed by atoms with Gasteiger partial charge in [-0.1, -0.05) is 12.1 Å². The largest absolute Gasteiger partial charge is 0.355 e. The van der Waals surface area contributed by atoms with Crippen molar-refractivity contribution in [3.05, 3.63) is 35.6 Å². The maximum atomic E-state index is 12.9. The highest BCUT2D eigenvalue weighted by molar-refractivity contribution is 5.81. The van der Waals surface area contributed by atoms with Crippen LogP contribution in [0.4, 0.5) is 4.39 Å². The van der Waals surface area contributed by atoms with E-state index in [0.717, 1.165) is 24.9 Å². The van der Waals surface area contributed by atoms with Crippen LogP contribution in [0, 0.1) is 5.82 Å². The van der Waals surface area contributed by atoms with Gasteiger partial charge in [-0.3, -0.25) is 4.79 Å². The number of hydrogen-bond acceptors (Lipinski definition) is 2. The Hall–Kier alpha value is -1.42. The molecule has 1 amide bonds. The van der Waals surface area contributed by atoms with Gasteiger partial charge in [0.1, 0.15) is 5.82 Å². The van der Waals surface area contributed by atoms with E-state index in [2.05, 4.69) is 10.6 Å². The van der Waals surface area contributed by atoms with E-state index in [1.807, 2.05) is 19.1 Å². The Balaban J connectivity index is 2.02. The monoisotopic (exact) mass is 250 g/mol. The van der Waals surface area contributed by atoms with Crippen molar-refractivity contribution in [3.8, 4) is 0 Å². The maximum Gasteiger partial charge on any atom is 0.237 e. The topological polar surface area (TPSA) is 41.1 Å². The number of rotatable bonds is 3. The van der Waals surface area contributed by atoms with Crippen molar-refractivity contribution < 1.29 is 9.18 Å². The Morgan fingerprint density at radius 1 is 1.44 bits per heavy atom. The normalized spacial score (nSPS) is 23.7. The molecule has 18 heavy (non-hydrogen) atoms. The molecule has 2 rings (SSSR count). The Morgan fingerprint density at radius 2 is 2.17 bits per heavy atom. The fourth-order valence-electron chi connectivity index (χ4n) is 2.45. The molecular formula is C14H19FN2O. The molecule has 1 aliphatic heterocycles. The molecule has 0 aliphatic carbocycles. The number of amides is 1. The molecule has 0 spiro atoms. The fraction of sp³-hybridized carbons (Fsp3) is 0.500. The van der Waals surface area contributed by atoms with Crippen molar-refractivity contribution in [1.29, 1.82) is 0 Å². The van der Waals surface area contributed by atoms with Gasteiger partial charge in [-0.2, -0.15) is 0 Å². The minimum atomic E-state index is -0.215. The van der Waals surface area contributed by atoms with Crippen molar-refractivity contribution >= 4 is 5.91 Å². The average molecular weight is 250 g/mol. The van der Waals surface area contributed by atoms with Crippen LogP contribution in [-0.4, -0.2) is 25.0 Å². The molecule has 3 nitrogen and oxygen atoms in total. The van der Waals surface area contributed by atoms with Crippen LogP contribution in [-0.2, 0) is 4.79 Å². The lowest BCUT2D eigenvalue weighted by Crippen LogP contribution is -2.48. The summed E-state index contributed by atoms with van der Waals surface area (Å²) in [6.45, 7) is 3.39. The molecular weight excluding hydrogens is 231 g/mol. The van der Waals surface area contributed by atoms with Crippen molar-refractivity contribution in [3.63, 3.8) is 0 Å². The van der Waals surface area contributed by atoms with Crippen LogP contribution in [0.3, 0.4) is 0 Å². The summed E-state index contributed by atoms with van der Waals surface area (Å²) in [5, 5.41) is 6.06. The Kier molecular flexibility index (Phi) is 4.31. The molecule has 1 fully saturated rings. The number of carbonyl (C=O) groups is 1.